The van der Waals surface area contributed by atoms with E-state index in [1.807, 2.05) is 25.6 Å². The van der Waals surface area contributed by atoms with Gasteiger partial charge in [-0.3, -0.25) is 0 Å². The molecule has 1 fully saturated rings. The SMILES string of the molecule is CNc1cc(C2CC(OC(=O)NC(C)C)C2)nn1C(C)(C)C. The second kappa shape index (κ2) is 6.18. The van der Waals surface area contributed by atoms with Crippen LogP contribution in [0.5, 0.6) is 0 Å². The second-order valence-corrected chi connectivity index (χ2v) is 7.28. The van der Waals surface area contributed by atoms with Crippen LogP contribution < -0.4 is 10.6 Å². The highest BCUT2D eigenvalue weighted by atomic mass is 16.6. The topological polar surface area (TPSA) is 68.2 Å². The number of nitrogens with one attached hydrogen (secondary N) is 2. The lowest BCUT2D eigenvalue weighted by Gasteiger charge is -2.33. The molecule has 1 aromatic rings. The zero-order valence-corrected chi connectivity index (χ0v) is 14.4. The number of rotatable bonds is 4. The molecule has 0 bridgehead atoms. The summed E-state index contributed by atoms with van der Waals surface area (Å²) in [7, 11) is 1.91. The Morgan fingerprint density at radius 2 is 2.05 bits per heavy atom. The molecule has 124 valence electrons. The van der Waals surface area contributed by atoms with E-state index in [4.69, 9.17) is 9.84 Å². The van der Waals surface area contributed by atoms with Crippen LogP contribution in [0.2, 0.25) is 0 Å². The maximum absolute atomic E-state index is 11.6. The Labute approximate surface area is 132 Å². The van der Waals surface area contributed by atoms with Gasteiger partial charge >= 0.3 is 6.09 Å². The fourth-order valence-electron chi connectivity index (χ4n) is 2.61. The van der Waals surface area contributed by atoms with Gasteiger partial charge in [-0.15, -0.1) is 0 Å². The predicted molar refractivity (Wildman–Crippen MR) is 87.3 cm³/mol. The molecule has 2 N–H and O–H groups in total. The number of hydrogen-bond acceptors (Lipinski definition) is 4. The number of alkyl carbamates (subject to hydrolysis) is 1. The standard InChI is InChI=1S/C16H28N4O2/c1-10(2)18-15(21)22-12-7-11(8-12)13-9-14(17-6)20(19-13)16(3,4)5/h9-12,17H,7-8H2,1-6H3,(H,18,21). The molecular weight excluding hydrogens is 280 g/mol. The summed E-state index contributed by atoms with van der Waals surface area (Å²) >= 11 is 0. The predicted octanol–water partition coefficient (Wildman–Crippen LogP) is 3.06. The molecule has 0 spiro atoms. The molecule has 1 aliphatic carbocycles. The Kier molecular flexibility index (Phi) is 4.68. The third kappa shape index (κ3) is 3.72. The van der Waals surface area contributed by atoms with Gasteiger partial charge in [0, 0.05) is 25.1 Å². The molecule has 0 aliphatic heterocycles. The number of ether oxygens (including phenoxy) is 1. The summed E-state index contributed by atoms with van der Waals surface area (Å²) < 4.78 is 7.40. The first kappa shape index (κ1) is 16.6. The van der Waals surface area contributed by atoms with E-state index in [1.54, 1.807) is 0 Å². The van der Waals surface area contributed by atoms with Crippen LogP contribution in [0.4, 0.5) is 10.6 Å². The van der Waals surface area contributed by atoms with Crippen molar-refractivity contribution in [2.75, 3.05) is 12.4 Å². The molecule has 1 heterocycles. The fraction of sp³-hybridized carbons (Fsp3) is 0.750. The van der Waals surface area contributed by atoms with Crippen molar-refractivity contribution >= 4 is 11.9 Å². The Bertz CT molecular complexity index is 525. The van der Waals surface area contributed by atoms with E-state index in [0.29, 0.717) is 5.92 Å². The minimum atomic E-state index is -0.324. The Morgan fingerprint density at radius 1 is 1.41 bits per heavy atom. The molecular formula is C16H28N4O2. The second-order valence-electron chi connectivity index (χ2n) is 7.28. The van der Waals surface area contributed by atoms with Crippen LogP contribution in [-0.2, 0) is 10.3 Å². The quantitative estimate of drug-likeness (QED) is 0.897. The van der Waals surface area contributed by atoms with Crippen LogP contribution in [0.3, 0.4) is 0 Å². The van der Waals surface area contributed by atoms with E-state index in [2.05, 4.69) is 37.5 Å². The molecule has 0 unspecified atom stereocenters. The molecule has 0 radical (unpaired) electrons. The monoisotopic (exact) mass is 308 g/mol. The summed E-state index contributed by atoms with van der Waals surface area (Å²) in [5.74, 6) is 1.39. The Morgan fingerprint density at radius 3 is 2.50 bits per heavy atom. The highest BCUT2D eigenvalue weighted by Gasteiger charge is 2.36. The largest absolute Gasteiger partial charge is 0.446 e. The number of anilines is 1. The van der Waals surface area contributed by atoms with Gasteiger partial charge in [0.25, 0.3) is 0 Å². The van der Waals surface area contributed by atoms with E-state index < -0.39 is 0 Å². The summed E-state index contributed by atoms with van der Waals surface area (Å²) in [5.41, 5.74) is 1.01. The lowest BCUT2D eigenvalue weighted by Crippen LogP contribution is -2.38. The maximum atomic E-state index is 11.6. The van der Waals surface area contributed by atoms with Gasteiger partial charge in [0.1, 0.15) is 11.9 Å². The van der Waals surface area contributed by atoms with Gasteiger partial charge in [-0.05, 0) is 47.5 Å². The van der Waals surface area contributed by atoms with Gasteiger partial charge in [0.15, 0.2) is 0 Å². The number of amides is 1. The minimum absolute atomic E-state index is 0.00146. The molecule has 6 nitrogen and oxygen atoms in total. The zero-order chi connectivity index (χ0) is 16.5. The Hall–Kier alpha value is -1.72. The highest BCUT2D eigenvalue weighted by Crippen LogP contribution is 2.39. The van der Waals surface area contributed by atoms with Crippen LogP contribution in [0, 0.1) is 0 Å². The van der Waals surface area contributed by atoms with Crippen molar-refractivity contribution in [1.29, 1.82) is 0 Å². The van der Waals surface area contributed by atoms with Crippen molar-refractivity contribution in [3.63, 3.8) is 0 Å². The molecule has 1 amide bonds. The third-order valence-electron chi connectivity index (χ3n) is 3.81. The van der Waals surface area contributed by atoms with E-state index in [9.17, 15) is 4.79 Å². The van der Waals surface area contributed by atoms with Crippen molar-refractivity contribution < 1.29 is 9.53 Å². The third-order valence-corrected chi connectivity index (χ3v) is 3.81. The molecule has 1 aromatic heterocycles. The van der Waals surface area contributed by atoms with Crippen LogP contribution in [0.1, 0.15) is 59.1 Å². The normalized spacial score (nSPS) is 21.4. The smallest absolute Gasteiger partial charge is 0.407 e. The van der Waals surface area contributed by atoms with E-state index in [0.717, 1.165) is 24.4 Å². The number of hydrogen-bond donors (Lipinski definition) is 2. The summed E-state index contributed by atoms with van der Waals surface area (Å²) in [6.45, 7) is 10.2. The number of carbonyl (C=O) groups excluding carboxylic acids is 1. The lowest BCUT2D eigenvalue weighted by atomic mass is 9.80. The van der Waals surface area contributed by atoms with E-state index >= 15 is 0 Å². The van der Waals surface area contributed by atoms with Crippen molar-refractivity contribution in [3.8, 4) is 0 Å². The molecule has 0 aromatic carbocycles. The van der Waals surface area contributed by atoms with Crippen LogP contribution in [0.25, 0.3) is 0 Å². The molecule has 1 aliphatic rings. The zero-order valence-electron chi connectivity index (χ0n) is 14.4. The first-order chi connectivity index (χ1) is 10.2. The molecule has 0 saturated heterocycles. The van der Waals surface area contributed by atoms with Crippen molar-refractivity contribution in [2.45, 2.75) is 71.1 Å². The molecule has 2 rings (SSSR count). The summed E-state index contributed by atoms with van der Waals surface area (Å²) in [6, 6.07) is 2.20. The average Bonchev–Trinajstić information content (AvgIpc) is 2.75. The van der Waals surface area contributed by atoms with Gasteiger partial charge in [0.05, 0.1) is 11.2 Å². The first-order valence-electron chi connectivity index (χ1n) is 7.96. The lowest BCUT2D eigenvalue weighted by molar-refractivity contribution is 0.0372. The van der Waals surface area contributed by atoms with E-state index in [1.165, 1.54) is 0 Å². The van der Waals surface area contributed by atoms with Gasteiger partial charge in [-0.2, -0.15) is 5.10 Å². The number of aromatic nitrogens is 2. The molecule has 6 heteroatoms. The number of carbonyl (C=O) groups is 1. The first-order valence-corrected chi connectivity index (χ1v) is 7.96. The summed E-state index contributed by atoms with van der Waals surface area (Å²) in [4.78, 5) is 11.6. The summed E-state index contributed by atoms with van der Waals surface area (Å²) in [5, 5.41) is 10.7. The van der Waals surface area contributed by atoms with E-state index in [-0.39, 0.29) is 23.8 Å². The average molecular weight is 308 g/mol. The maximum Gasteiger partial charge on any atom is 0.407 e. The van der Waals surface area contributed by atoms with Gasteiger partial charge in [-0.1, -0.05) is 0 Å². The molecule has 1 saturated carbocycles. The fourth-order valence-corrected chi connectivity index (χ4v) is 2.61. The van der Waals surface area contributed by atoms with Gasteiger partial charge in [0.2, 0.25) is 0 Å². The Balaban J connectivity index is 1.93. The minimum Gasteiger partial charge on any atom is -0.446 e. The van der Waals surface area contributed by atoms with Crippen molar-refractivity contribution in [2.24, 2.45) is 0 Å². The van der Waals surface area contributed by atoms with Gasteiger partial charge in [-0.25, -0.2) is 9.48 Å². The molecule has 0 atom stereocenters. The van der Waals surface area contributed by atoms with Crippen molar-refractivity contribution in [3.05, 3.63) is 11.8 Å². The van der Waals surface area contributed by atoms with Crippen molar-refractivity contribution in [1.82, 2.24) is 15.1 Å². The van der Waals surface area contributed by atoms with Crippen LogP contribution >= 0.6 is 0 Å². The van der Waals surface area contributed by atoms with Crippen LogP contribution in [0.15, 0.2) is 6.07 Å². The van der Waals surface area contributed by atoms with Gasteiger partial charge < -0.3 is 15.4 Å². The van der Waals surface area contributed by atoms with Crippen LogP contribution in [-0.4, -0.2) is 35.1 Å². The molecule has 22 heavy (non-hydrogen) atoms. The summed E-state index contributed by atoms with van der Waals surface area (Å²) in [6.07, 6.45) is 1.36. The highest BCUT2D eigenvalue weighted by molar-refractivity contribution is 5.67. The number of nitrogens with zero attached hydrogens (tertiary/aromatic N) is 2.